The molecular weight excluding hydrogens is 238 g/mol. The maximum Gasteiger partial charge on any atom is 0.310 e. The van der Waals surface area contributed by atoms with Gasteiger partial charge in [0.1, 0.15) is 0 Å². The summed E-state index contributed by atoms with van der Waals surface area (Å²) in [6, 6.07) is 5.43. The maximum atomic E-state index is 11.5. The number of rotatable bonds is 4. The van der Waals surface area contributed by atoms with Crippen LogP contribution in [-0.4, -0.2) is 12.6 Å². The zero-order valence-corrected chi connectivity index (χ0v) is 10.7. The van der Waals surface area contributed by atoms with Crippen LogP contribution in [0, 0.1) is 11.3 Å². The highest BCUT2D eigenvalue weighted by atomic mass is 35.5. The van der Waals surface area contributed by atoms with Crippen LogP contribution in [0.1, 0.15) is 30.5 Å². The van der Waals surface area contributed by atoms with Gasteiger partial charge in [-0.2, -0.15) is 5.26 Å². The van der Waals surface area contributed by atoms with Crippen LogP contribution in [0.5, 0.6) is 0 Å². The molecule has 0 saturated carbocycles. The Morgan fingerprint density at radius 1 is 1.47 bits per heavy atom. The molecule has 90 valence electrons. The number of aryl methyl sites for hydroxylation is 1. The van der Waals surface area contributed by atoms with Gasteiger partial charge in [-0.15, -0.1) is 0 Å². The molecule has 0 radical (unpaired) electrons. The van der Waals surface area contributed by atoms with E-state index in [-0.39, 0.29) is 12.4 Å². The molecule has 4 heteroatoms. The lowest BCUT2D eigenvalue weighted by molar-refractivity contribution is -0.142. The van der Waals surface area contributed by atoms with Crippen molar-refractivity contribution in [3.63, 3.8) is 0 Å². The third-order valence-corrected chi connectivity index (χ3v) is 2.65. The molecule has 3 nitrogen and oxygen atoms in total. The van der Waals surface area contributed by atoms with Gasteiger partial charge >= 0.3 is 5.97 Å². The second kappa shape index (κ2) is 6.27. The van der Waals surface area contributed by atoms with Crippen molar-refractivity contribution in [2.45, 2.75) is 26.7 Å². The number of hydrogen-bond acceptors (Lipinski definition) is 3. The minimum atomic E-state index is -0.318. The monoisotopic (exact) mass is 251 g/mol. The first-order valence-electron chi connectivity index (χ1n) is 5.49. The Balaban J connectivity index is 3.12. The van der Waals surface area contributed by atoms with Crippen molar-refractivity contribution in [2.75, 3.05) is 6.61 Å². The van der Waals surface area contributed by atoms with E-state index in [0.29, 0.717) is 17.2 Å². The van der Waals surface area contributed by atoms with Crippen LogP contribution in [0.2, 0.25) is 5.02 Å². The number of carbonyl (C=O) groups is 1. The third kappa shape index (κ3) is 3.47. The van der Waals surface area contributed by atoms with E-state index < -0.39 is 0 Å². The fourth-order valence-electron chi connectivity index (χ4n) is 1.67. The topological polar surface area (TPSA) is 50.1 Å². The molecule has 0 unspecified atom stereocenters. The van der Waals surface area contributed by atoms with Crippen LogP contribution in [0.15, 0.2) is 12.1 Å². The molecule has 0 heterocycles. The Morgan fingerprint density at radius 3 is 2.71 bits per heavy atom. The van der Waals surface area contributed by atoms with Gasteiger partial charge < -0.3 is 4.74 Å². The SMILES string of the molecule is CCOC(=O)Cc1c(C#N)cc(Cl)cc1CC. The Kier molecular flexibility index (Phi) is 4.99. The van der Waals surface area contributed by atoms with E-state index in [9.17, 15) is 4.79 Å². The minimum Gasteiger partial charge on any atom is -0.466 e. The predicted octanol–water partition coefficient (Wildman–Crippen LogP) is 2.88. The summed E-state index contributed by atoms with van der Waals surface area (Å²) in [6.45, 7) is 4.06. The first-order chi connectivity index (χ1) is 8.12. The number of nitriles is 1. The van der Waals surface area contributed by atoms with Crippen molar-refractivity contribution in [2.24, 2.45) is 0 Å². The van der Waals surface area contributed by atoms with E-state index in [2.05, 4.69) is 6.07 Å². The van der Waals surface area contributed by atoms with Gasteiger partial charge in [-0.25, -0.2) is 0 Å². The third-order valence-electron chi connectivity index (χ3n) is 2.43. The standard InChI is InChI=1S/C13H14ClNO2/c1-3-9-5-11(14)6-10(8-15)12(9)7-13(16)17-4-2/h5-6H,3-4,7H2,1-2H3. The van der Waals surface area contributed by atoms with Crippen molar-refractivity contribution in [3.8, 4) is 6.07 Å². The summed E-state index contributed by atoms with van der Waals surface area (Å²) in [5.74, 6) is -0.318. The second-order valence-corrected chi connectivity index (χ2v) is 3.97. The lowest BCUT2D eigenvalue weighted by atomic mass is 9.97. The van der Waals surface area contributed by atoms with Gasteiger partial charge in [-0.3, -0.25) is 4.79 Å². The number of benzene rings is 1. The zero-order chi connectivity index (χ0) is 12.8. The number of ether oxygens (including phenoxy) is 1. The molecular formula is C13H14ClNO2. The molecule has 0 fully saturated rings. The number of hydrogen-bond donors (Lipinski definition) is 0. The van der Waals surface area contributed by atoms with Crippen molar-refractivity contribution in [3.05, 3.63) is 33.8 Å². The van der Waals surface area contributed by atoms with Crippen molar-refractivity contribution in [1.82, 2.24) is 0 Å². The highest BCUT2D eigenvalue weighted by Crippen LogP contribution is 2.22. The molecule has 0 N–H and O–H groups in total. The first kappa shape index (κ1) is 13.5. The van der Waals surface area contributed by atoms with Crippen LogP contribution in [-0.2, 0) is 22.4 Å². The van der Waals surface area contributed by atoms with Crippen molar-refractivity contribution >= 4 is 17.6 Å². The Hall–Kier alpha value is -1.53. The number of halogens is 1. The average molecular weight is 252 g/mol. The number of carbonyl (C=O) groups excluding carboxylic acids is 1. The van der Waals surface area contributed by atoms with Gasteiger partial charge in [-0.05, 0) is 36.6 Å². The lowest BCUT2D eigenvalue weighted by Gasteiger charge is -2.10. The van der Waals surface area contributed by atoms with E-state index in [1.165, 1.54) is 0 Å². The van der Waals surface area contributed by atoms with Crippen LogP contribution in [0.3, 0.4) is 0 Å². The first-order valence-corrected chi connectivity index (χ1v) is 5.87. The van der Waals surface area contributed by atoms with Crippen LogP contribution < -0.4 is 0 Å². The molecule has 1 rings (SSSR count). The number of nitrogens with zero attached hydrogens (tertiary/aromatic N) is 1. The smallest absolute Gasteiger partial charge is 0.310 e. The Bertz CT molecular complexity index is 463. The molecule has 0 aliphatic rings. The van der Waals surface area contributed by atoms with Crippen LogP contribution >= 0.6 is 11.6 Å². The fraction of sp³-hybridized carbons (Fsp3) is 0.385. The average Bonchev–Trinajstić information content (AvgIpc) is 2.31. The van der Waals surface area contributed by atoms with E-state index in [1.54, 1.807) is 19.1 Å². The van der Waals surface area contributed by atoms with Gasteiger partial charge in [0, 0.05) is 5.02 Å². The summed E-state index contributed by atoms with van der Waals surface area (Å²) in [5.41, 5.74) is 2.09. The fourth-order valence-corrected chi connectivity index (χ4v) is 1.91. The molecule has 1 aromatic rings. The summed E-state index contributed by atoms with van der Waals surface area (Å²) < 4.78 is 4.89. The largest absolute Gasteiger partial charge is 0.466 e. The quantitative estimate of drug-likeness (QED) is 0.773. The lowest BCUT2D eigenvalue weighted by Crippen LogP contribution is -2.10. The summed E-state index contributed by atoms with van der Waals surface area (Å²) in [7, 11) is 0. The molecule has 0 saturated heterocycles. The molecule has 0 aliphatic heterocycles. The van der Waals surface area contributed by atoms with E-state index in [1.807, 2.05) is 6.92 Å². The van der Waals surface area contributed by atoms with E-state index in [0.717, 1.165) is 17.5 Å². The predicted molar refractivity (Wildman–Crippen MR) is 65.9 cm³/mol. The Morgan fingerprint density at radius 2 is 2.18 bits per heavy atom. The molecule has 0 spiro atoms. The van der Waals surface area contributed by atoms with Gasteiger partial charge in [-0.1, -0.05) is 18.5 Å². The second-order valence-electron chi connectivity index (χ2n) is 3.54. The minimum absolute atomic E-state index is 0.122. The molecule has 0 amide bonds. The summed E-state index contributed by atoms with van der Waals surface area (Å²) in [5, 5.41) is 9.56. The summed E-state index contributed by atoms with van der Waals surface area (Å²) in [6.07, 6.45) is 0.848. The number of esters is 1. The molecule has 1 aromatic carbocycles. The summed E-state index contributed by atoms with van der Waals surface area (Å²) in [4.78, 5) is 11.5. The zero-order valence-electron chi connectivity index (χ0n) is 9.92. The Labute approximate surface area is 106 Å². The van der Waals surface area contributed by atoms with Gasteiger partial charge in [0.15, 0.2) is 0 Å². The summed E-state index contributed by atoms with van der Waals surface area (Å²) >= 11 is 5.91. The highest BCUT2D eigenvalue weighted by molar-refractivity contribution is 6.30. The van der Waals surface area contributed by atoms with E-state index >= 15 is 0 Å². The maximum absolute atomic E-state index is 11.5. The van der Waals surface area contributed by atoms with Crippen LogP contribution in [0.25, 0.3) is 0 Å². The molecule has 0 atom stereocenters. The molecule has 17 heavy (non-hydrogen) atoms. The van der Waals surface area contributed by atoms with Gasteiger partial charge in [0.25, 0.3) is 0 Å². The normalized spacial score (nSPS) is 9.76. The van der Waals surface area contributed by atoms with Crippen LogP contribution in [0.4, 0.5) is 0 Å². The molecule has 0 aliphatic carbocycles. The van der Waals surface area contributed by atoms with Crippen molar-refractivity contribution in [1.29, 1.82) is 5.26 Å². The van der Waals surface area contributed by atoms with E-state index in [4.69, 9.17) is 21.6 Å². The van der Waals surface area contributed by atoms with Crippen molar-refractivity contribution < 1.29 is 9.53 Å². The molecule has 0 aromatic heterocycles. The van der Waals surface area contributed by atoms with Gasteiger partial charge in [0.2, 0.25) is 0 Å². The van der Waals surface area contributed by atoms with Gasteiger partial charge in [0.05, 0.1) is 24.7 Å². The highest BCUT2D eigenvalue weighted by Gasteiger charge is 2.13. The molecule has 0 bridgehead atoms.